The van der Waals surface area contributed by atoms with Gasteiger partial charge >= 0.3 is 24.3 Å². The van der Waals surface area contributed by atoms with Crippen LogP contribution in [0.2, 0.25) is 0 Å². The third kappa shape index (κ3) is 10.6. The number of ether oxygens (including phenoxy) is 1. The average Bonchev–Trinajstić information content (AvgIpc) is 3.38. The Morgan fingerprint density at radius 1 is 1.00 bits per heavy atom. The van der Waals surface area contributed by atoms with E-state index in [0.717, 1.165) is 44.2 Å². The number of aromatic nitrogens is 6. The van der Waals surface area contributed by atoms with E-state index in [9.17, 15) is 26.3 Å². The summed E-state index contributed by atoms with van der Waals surface area (Å²) in [5, 5.41) is 27.1. The van der Waals surface area contributed by atoms with Crippen LogP contribution in [0.25, 0.3) is 0 Å². The lowest BCUT2D eigenvalue weighted by Gasteiger charge is -2.18. The number of hydrogen-bond donors (Lipinski definition) is 2. The lowest BCUT2D eigenvalue weighted by Crippen LogP contribution is -2.26. The molecule has 1 aliphatic heterocycles. The minimum atomic E-state index is -5.08. The third-order valence-corrected chi connectivity index (χ3v) is 4.83. The molecule has 12 nitrogen and oxygen atoms in total. The summed E-state index contributed by atoms with van der Waals surface area (Å²) >= 11 is 0. The number of pyridine rings is 1. The van der Waals surface area contributed by atoms with Gasteiger partial charge in [-0.15, -0.1) is 10.2 Å². The highest BCUT2D eigenvalue weighted by atomic mass is 19.4. The van der Waals surface area contributed by atoms with Crippen molar-refractivity contribution < 1.29 is 50.9 Å². The molecule has 0 unspecified atom stereocenters. The van der Waals surface area contributed by atoms with Crippen LogP contribution in [0, 0.1) is 0 Å². The monoisotopic (exact) mass is 567 g/mol. The molecule has 3 aromatic heterocycles. The summed E-state index contributed by atoms with van der Waals surface area (Å²) < 4.78 is 73.2. The van der Waals surface area contributed by atoms with E-state index in [0.29, 0.717) is 12.5 Å². The van der Waals surface area contributed by atoms with Gasteiger partial charge in [-0.3, -0.25) is 9.58 Å². The van der Waals surface area contributed by atoms with Crippen molar-refractivity contribution in [2.24, 2.45) is 7.05 Å². The molecule has 0 spiro atoms. The number of hydrogen-bond acceptors (Lipinski definition) is 8. The molecule has 3 aromatic rings. The second-order valence-electron chi connectivity index (χ2n) is 7.79. The van der Waals surface area contributed by atoms with E-state index in [-0.39, 0.29) is 0 Å². The second-order valence-corrected chi connectivity index (χ2v) is 7.79. The maximum atomic E-state index is 10.6. The van der Waals surface area contributed by atoms with Crippen molar-refractivity contribution in [3.8, 4) is 5.88 Å². The molecule has 18 heteroatoms. The van der Waals surface area contributed by atoms with Crippen molar-refractivity contribution in [2.45, 2.75) is 38.5 Å². The number of aryl methyl sites for hydroxylation is 1. The van der Waals surface area contributed by atoms with Crippen molar-refractivity contribution in [3.63, 3.8) is 0 Å². The van der Waals surface area contributed by atoms with Crippen LogP contribution >= 0.6 is 0 Å². The largest absolute Gasteiger partial charge is 0.490 e. The Morgan fingerprint density at radius 3 is 2.15 bits per heavy atom. The van der Waals surface area contributed by atoms with Gasteiger partial charge < -0.3 is 19.5 Å². The predicted octanol–water partition coefficient (Wildman–Crippen LogP) is 2.31. The summed E-state index contributed by atoms with van der Waals surface area (Å²) in [6.45, 7) is 4.08. The molecular formula is C21H23F6N7O5. The van der Waals surface area contributed by atoms with Crippen molar-refractivity contribution in [3.05, 3.63) is 54.0 Å². The average molecular weight is 567 g/mol. The number of aliphatic carboxylic acids is 2. The van der Waals surface area contributed by atoms with Gasteiger partial charge in [0.25, 0.3) is 0 Å². The maximum Gasteiger partial charge on any atom is 0.490 e. The molecule has 0 aliphatic carbocycles. The van der Waals surface area contributed by atoms with Gasteiger partial charge in [0.05, 0.1) is 6.20 Å². The first-order chi connectivity index (χ1) is 18.2. The van der Waals surface area contributed by atoms with Crippen LogP contribution in [0.15, 0.2) is 36.8 Å². The molecule has 214 valence electrons. The number of alkyl halides is 6. The summed E-state index contributed by atoms with van der Waals surface area (Å²) in [6.07, 6.45) is -3.57. The quantitative estimate of drug-likeness (QED) is 0.440. The Hall–Kier alpha value is -4.22. The first kappa shape index (κ1) is 31.0. The fourth-order valence-corrected chi connectivity index (χ4v) is 3.07. The summed E-state index contributed by atoms with van der Waals surface area (Å²) in [4.78, 5) is 24.4. The molecule has 0 radical (unpaired) electrons. The molecule has 4 heterocycles. The smallest absolute Gasteiger partial charge is 0.475 e. The zero-order valence-electron chi connectivity index (χ0n) is 20.2. The molecule has 0 aromatic carbocycles. The lowest BCUT2D eigenvalue weighted by atomic mass is 10.3. The predicted molar refractivity (Wildman–Crippen MR) is 118 cm³/mol. The Bertz CT molecular complexity index is 1190. The van der Waals surface area contributed by atoms with E-state index < -0.39 is 24.3 Å². The second kappa shape index (κ2) is 13.5. The van der Waals surface area contributed by atoms with E-state index >= 15 is 0 Å². The molecular weight excluding hydrogens is 544 g/mol. The normalized spacial score (nSPS) is 13.6. The standard InChI is InChI=1S/C17H21N7O.2C2HF3O2/c1-22-11-14(10-19-22)12-23-7-5-15-20-21-16(24(15)9-8-23)13-25-17-4-2-3-6-18-17;2*3-2(4,5)1(6)7/h2-4,6,10-11H,5,7-9,12-13H2,1H3;2*(H,6,7). The van der Waals surface area contributed by atoms with Gasteiger partial charge in [0.15, 0.2) is 5.82 Å². The van der Waals surface area contributed by atoms with Gasteiger partial charge in [-0.05, 0) is 6.07 Å². The maximum absolute atomic E-state index is 10.6. The highest BCUT2D eigenvalue weighted by Gasteiger charge is 2.38. The van der Waals surface area contributed by atoms with Crippen molar-refractivity contribution in [1.29, 1.82) is 0 Å². The molecule has 2 N–H and O–H groups in total. The highest BCUT2D eigenvalue weighted by Crippen LogP contribution is 2.15. The van der Waals surface area contributed by atoms with E-state index in [2.05, 4.69) is 35.9 Å². The van der Waals surface area contributed by atoms with Crippen molar-refractivity contribution in [2.75, 3.05) is 13.1 Å². The van der Waals surface area contributed by atoms with Crippen LogP contribution < -0.4 is 4.74 Å². The van der Waals surface area contributed by atoms with E-state index in [1.165, 1.54) is 5.56 Å². The van der Waals surface area contributed by atoms with Crippen LogP contribution in [0.3, 0.4) is 0 Å². The van der Waals surface area contributed by atoms with Crippen LogP contribution in [0.5, 0.6) is 5.88 Å². The zero-order chi connectivity index (χ0) is 29.2. The van der Waals surface area contributed by atoms with E-state index in [1.54, 1.807) is 6.20 Å². The first-order valence-electron chi connectivity index (χ1n) is 10.9. The molecule has 0 amide bonds. The molecule has 0 saturated carbocycles. The Balaban J connectivity index is 0.000000317. The number of carbonyl (C=O) groups is 2. The highest BCUT2D eigenvalue weighted by molar-refractivity contribution is 5.73. The van der Waals surface area contributed by atoms with Gasteiger partial charge in [0.1, 0.15) is 12.4 Å². The fourth-order valence-electron chi connectivity index (χ4n) is 3.07. The van der Waals surface area contributed by atoms with E-state index in [1.807, 2.05) is 36.1 Å². The Morgan fingerprint density at radius 2 is 1.64 bits per heavy atom. The molecule has 1 aliphatic rings. The van der Waals surface area contributed by atoms with Gasteiger partial charge in [0.2, 0.25) is 5.88 Å². The van der Waals surface area contributed by atoms with Gasteiger partial charge in [-0.1, -0.05) is 6.07 Å². The summed E-state index contributed by atoms with van der Waals surface area (Å²) in [7, 11) is 1.95. The van der Waals surface area contributed by atoms with E-state index in [4.69, 9.17) is 24.5 Å². The number of fused-ring (bicyclic) bond motifs is 1. The van der Waals surface area contributed by atoms with Crippen molar-refractivity contribution >= 4 is 11.9 Å². The van der Waals surface area contributed by atoms with Crippen LogP contribution in [-0.4, -0.2) is 82.0 Å². The Labute approximate surface area is 216 Å². The third-order valence-electron chi connectivity index (χ3n) is 4.83. The van der Waals surface area contributed by atoms with Crippen molar-refractivity contribution in [1.82, 2.24) is 34.4 Å². The summed E-state index contributed by atoms with van der Waals surface area (Å²) in [5.41, 5.74) is 1.24. The first-order valence-corrected chi connectivity index (χ1v) is 10.9. The van der Waals surface area contributed by atoms with Crippen LogP contribution in [-0.2, 0) is 42.8 Å². The van der Waals surface area contributed by atoms with Gasteiger partial charge in [-0.25, -0.2) is 14.6 Å². The molecule has 39 heavy (non-hydrogen) atoms. The van der Waals surface area contributed by atoms with Crippen LogP contribution in [0.1, 0.15) is 17.2 Å². The number of carboxylic acid groups (broad SMARTS) is 2. The zero-order valence-corrected chi connectivity index (χ0v) is 20.2. The number of rotatable bonds is 5. The molecule has 0 fully saturated rings. The minimum Gasteiger partial charge on any atom is -0.475 e. The lowest BCUT2D eigenvalue weighted by molar-refractivity contribution is -0.193. The number of carboxylic acids is 2. The fraction of sp³-hybridized carbons (Fsp3) is 0.429. The number of halogens is 6. The van der Waals surface area contributed by atoms with Gasteiger partial charge in [-0.2, -0.15) is 31.4 Å². The summed E-state index contributed by atoms with van der Waals surface area (Å²) in [5.74, 6) is -3.04. The topological polar surface area (TPSA) is 148 Å². The molecule has 0 bridgehead atoms. The Kier molecular flexibility index (Phi) is 10.8. The SMILES string of the molecule is Cn1cc(CN2CCc3nnc(COc4ccccn4)n3CC2)cn1.O=C(O)C(F)(F)F.O=C(O)C(F)(F)F. The minimum absolute atomic E-state index is 0.382. The molecule has 4 rings (SSSR count). The molecule has 0 atom stereocenters. The van der Waals surface area contributed by atoms with Crippen LogP contribution in [0.4, 0.5) is 26.3 Å². The summed E-state index contributed by atoms with van der Waals surface area (Å²) in [6, 6.07) is 5.62. The molecule has 0 saturated heterocycles. The van der Waals surface area contributed by atoms with Gasteiger partial charge in [0, 0.05) is 63.7 Å². The number of nitrogens with zero attached hydrogens (tertiary/aromatic N) is 7.